The minimum absolute atomic E-state index is 0.139. The molecule has 2 rings (SSSR count). The lowest BCUT2D eigenvalue weighted by Gasteiger charge is -2.34. The van der Waals surface area contributed by atoms with Crippen molar-refractivity contribution in [2.24, 2.45) is 0 Å². The summed E-state index contributed by atoms with van der Waals surface area (Å²) in [5.41, 5.74) is 0.848. The van der Waals surface area contributed by atoms with Crippen LogP contribution in [0.1, 0.15) is 25.3 Å². The van der Waals surface area contributed by atoms with Gasteiger partial charge in [-0.05, 0) is 50.5 Å². The van der Waals surface area contributed by atoms with E-state index >= 15 is 0 Å². The van der Waals surface area contributed by atoms with Gasteiger partial charge in [0.1, 0.15) is 12.3 Å². The van der Waals surface area contributed by atoms with Gasteiger partial charge in [-0.1, -0.05) is 11.6 Å². The zero-order valence-corrected chi connectivity index (χ0v) is 14.6. The summed E-state index contributed by atoms with van der Waals surface area (Å²) in [7, 11) is 0. The molecule has 0 bridgehead atoms. The highest BCUT2D eigenvalue weighted by molar-refractivity contribution is 6.31. The number of ether oxygens (including phenoxy) is 2. The number of rotatable bonds is 6. The number of amides is 1. The molecule has 0 saturated carbocycles. The third-order valence-electron chi connectivity index (χ3n) is 4.01. The van der Waals surface area contributed by atoms with Crippen molar-refractivity contribution in [3.05, 3.63) is 28.8 Å². The number of hydrogen-bond donors (Lipinski definition) is 1. The molecule has 1 aliphatic heterocycles. The van der Waals surface area contributed by atoms with Crippen molar-refractivity contribution in [2.75, 3.05) is 19.8 Å². The molecule has 1 aromatic rings. The van der Waals surface area contributed by atoms with Crippen molar-refractivity contribution >= 4 is 23.5 Å². The van der Waals surface area contributed by atoms with Crippen LogP contribution in [0.4, 0.5) is 0 Å². The van der Waals surface area contributed by atoms with Gasteiger partial charge in [0.15, 0.2) is 6.10 Å². The van der Waals surface area contributed by atoms with E-state index in [9.17, 15) is 9.59 Å². The van der Waals surface area contributed by atoms with Crippen LogP contribution in [0.2, 0.25) is 5.02 Å². The first-order valence-corrected chi connectivity index (χ1v) is 8.29. The Labute approximate surface area is 146 Å². The fourth-order valence-corrected chi connectivity index (χ4v) is 2.83. The molecule has 1 unspecified atom stereocenters. The summed E-state index contributed by atoms with van der Waals surface area (Å²) in [6, 6.07) is 5.01. The Morgan fingerprint density at radius 2 is 2.08 bits per heavy atom. The molecule has 0 aromatic heterocycles. The molecule has 1 aromatic carbocycles. The molecule has 0 aliphatic carbocycles. The van der Waals surface area contributed by atoms with Gasteiger partial charge in [-0.15, -0.1) is 0 Å². The van der Waals surface area contributed by atoms with Crippen LogP contribution in [0.5, 0.6) is 5.75 Å². The van der Waals surface area contributed by atoms with Gasteiger partial charge in [0.2, 0.25) is 0 Å². The first-order valence-electron chi connectivity index (χ1n) is 7.91. The number of halogens is 1. The van der Waals surface area contributed by atoms with Gasteiger partial charge < -0.3 is 19.5 Å². The van der Waals surface area contributed by atoms with Crippen molar-refractivity contribution in [2.45, 2.75) is 38.8 Å². The van der Waals surface area contributed by atoms with Crippen LogP contribution >= 0.6 is 11.6 Å². The van der Waals surface area contributed by atoms with Crippen LogP contribution in [0.25, 0.3) is 0 Å². The maximum Gasteiger partial charge on any atom is 0.323 e. The smallest absolute Gasteiger partial charge is 0.323 e. The van der Waals surface area contributed by atoms with Gasteiger partial charge in [0, 0.05) is 24.3 Å². The van der Waals surface area contributed by atoms with Crippen molar-refractivity contribution in [3.63, 3.8) is 0 Å². The fraction of sp³-hybridized carbons (Fsp3) is 0.529. The zero-order valence-electron chi connectivity index (χ0n) is 13.8. The second-order valence-corrected chi connectivity index (χ2v) is 6.28. The van der Waals surface area contributed by atoms with E-state index in [4.69, 9.17) is 26.2 Å². The molecule has 1 fully saturated rings. The Morgan fingerprint density at radius 3 is 2.67 bits per heavy atom. The lowest BCUT2D eigenvalue weighted by molar-refractivity contribution is -0.151. The number of aryl methyl sites for hydroxylation is 1. The molecule has 132 valence electrons. The Kier molecular flexibility index (Phi) is 6.45. The molecule has 1 heterocycles. The SMILES string of the molecule is Cc1cc(OC(C)C(=O)N(CC(=O)O)C2CCOCC2)ccc1Cl. The second-order valence-electron chi connectivity index (χ2n) is 5.87. The minimum atomic E-state index is -1.04. The van der Waals surface area contributed by atoms with Gasteiger partial charge in [-0.25, -0.2) is 0 Å². The first-order chi connectivity index (χ1) is 11.4. The van der Waals surface area contributed by atoms with Crippen molar-refractivity contribution in [1.82, 2.24) is 4.90 Å². The monoisotopic (exact) mass is 355 g/mol. The molecule has 1 amide bonds. The second kappa shape index (κ2) is 8.35. The lowest BCUT2D eigenvalue weighted by atomic mass is 10.1. The number of carbonyl (C=O) groups is 2. The van der Waals surface area contributed by atoms with E-state index in [1.165, 1.54) is 4.90 Å². The largest absolute Gasteiger partial charge is 0.481 e. The molecule has 1 atom stereocenters. The molecule has 1 saturated heterocycles. The average Bonchev–Trinajstić information content (AvgIpc) is 2.56. The summed E-state index contributed by atoms with van der Waals surface area (Å²) in [6.07, 6.45) is 0.477. The van der Waals surface area contributed by atoms with E-state index in [0.717, 1.165) is 5.56 Å². The normalized spacial score (nSPS) is 16.5. The Morgan fingerprint density at radius 1 is 1.42 bits per heavy atom. The summed E-state index contributed by atoms with van der Waals surface area (Å²) in [6.45, 7) is 4.19. The highest BCUT2D eigenvalue weighted by Gasteiger charge is 2.31. The Bertz CT molecular complexity index is 601. The fourth-order valence-electron chi connectivity index (χ4n) is 2.71. The number of benzene rings is 1. The predicted octanol–water partition coefficient (Wildman–Crippen LogP) is 2.51. The number of aliphatic carboxylic acids is 1. The maximum atomic E-state index is 12.7. The topological polar surface area (TPSA) is 76.1 Å². The van der Waals surface area contributed by atoms with Crippen molar-refractivity contribution in [3.8, 4) is 5.75 Å². The van der Waals surface area contributed by atoms with Crippen LogP contribution in [0, 0.1) is 6.92 Å². The number of carboxylic acids is 1. The predicted molar refractivity (Wildman–Crippen MR) is 89.5 cm³/mol. The number of carboxylic acid groups (broad SMARTS) is 1. The van der Waals surface area contributed by atoms with Gasteiger partial charge >= 0.3 is 5.97 Å². The molecule has 6 nitrogen and oxygen atoms in total. The summed E-state index contributed by atoms with van der Waals surface area (Å²) < 4.78 is 11.0. The summed E-state index contributed by atoms with van der Waals surface area (Å²) >= 11 is 5.98. The van der Waals surface area contributed by atoms with Gasteiger partial charge in [0.25, 0.3) is 5.91 Å². The van der Waals surface area contributed by atoms with Crippen LogP contribution in [0.3, 0.4) is 0 Å². The average molecular weight is 356 g/mol. The van der Waals surface area contributed by atoms with E-state index in [1.807, 2.05) is 6.92 Å². The van der Waals surface area contributed by atoms with E-state index in [0.29, 0.717) is 36.8 Å². The highest BCUT2D eigenvalue weighted by atomic mass is 35.5. The van der Waals surface area contributed by atoms with Crippen LogP contribution < -0.4 is 4.74 Å². The molecule has 1 aliphatic rings. The number of carbonyl (C=O) groups excluding carboxylic acids is 1. The minimum Gasteiger partial charge on any atom is -0.481 e. The van der Waals surface area contributed by atoms with Crippen LogP contribution in [-0.2, 0) is 14.3 Å². The lowest BCUT2D eigenvalue weighted by Crippen LogP contribution is -2.50. The van der Waals surface area contributed by atoms with Crippen LogP contribution in [-0.4, -0.2) is 53.8 Å². The van der Waals surface area contributed by atoms with Gasteiger partial charge in [-0.2, -0.15) is 0 Å². The van der Waals surface area contributed by atoms with Crippen molar-refractivity contribution in [1.29, 1.82) is 0 Å². The number of nitrogens with zero attached hydrogens (tertiary/aromatic N) is 1. The van der Waals surface area contributed by atoms with E-state index in [2.05, 4.69) is 0 Å². The van der Waals surface area contributed by atoms with Crippen molar-refractivity contribution < 1.29 is 24.2 Å². The molecule has 7 heteroatoms. The third kappa shape index (κ3) is 4.85. The molecule has 0 radical (unpaired) electrons. The molecule has 24 heavy (non-hydrogen) atoms. The summed E-state index contributed by atoms with van der Waals surface area (Å²) in [5, 5.41) is 9.74. The standard InChI is InChI=1S/C17H22ClNO5/c1-11-9-14(3-4-15(11)18)24-12(2)17(22)19(10-16(20)21)13-5-7-23-8-6-13/h3-4,9,12-13H,5-8,10H2,1-2H3,(H,20,21). The molecular formula is C17H22ClNO5. The zero-order chi connectivity index (χ0) is 17.7. The van der Waals surface area contributed by atoms with E-state index in [-0.39, 0.29) is 18.5 Å². The van der Waals surface area contributed by atoms with Crippen LogP contribution in [0.15, 0.2) is 18.2 Å². The summed E-state index contributed by atoms with van der Waals surface area (Å²) in [5.74, 6) is -0.846. The van der Waals surface area contributed by atoms with E-state index < -0.39 is 12.1 Å². The number of hydrogen-bond acceptors (Lipinski definition) is 4. The quantitative estimate of drug-likeness (QED) is 0.848. The third-order valence-corrected chi connectivity index (χ3v) is 4.43. The maximum absolute atomic E-state index is 12.7. The summed E-state index contributed by atoms with van der Waals surface area (Å²) in [4.78, 5) is 25.2. The molecule has 0 spiro atoms. The first kappa shape index (κ1) is 18.5. The molecule has 1 N–H and O–H groups in total. The van der Waals surface area contributed by atoms with Gasteiger partial charge in [-0.3, -0.25) is 9.59 Å². The Balaban J connectivity index is 2.08. The van der Waals surface area contributed by atoms with Gasteiger partial charge in [0.05, 0.1) is 0 Å². The van der Waals surface area contributed by atoms with E-state index in [1.54, 1.807) is 25.1 Å². The Hall–Kier alpha value is -1.79. The highest BCUT2D eigenvalue weighted by Crippen LogP contribution is 2.23. The molecular weight excluding hydrogens is 334 g/mol.